The highest BCUT2D eigenvalue weighted by atomic mass is 32.2. The van der Waals surface area contributed by atoms with Gasteiger partial charge >= 0.3 is 0 Å². The monoisotopic (exact) mass is 421 g/mol. The van der Waals surface area contributed by atoms with Crippen molar-refractivity contribution in [1.82, 2.24) is 14.8 Å². The van der Waals surface area contributed by atoms with Crippen molar-refractivity contribution in [2.75, 3.05) is 32.4 Å². The van der Waals surface area contributed by atoms with Crippen LogP contribution in [0.2, 0.25) is 0 Å². The van der Waals surface area contributed by atoms with E-state index in [0.29, 0.717) is 11.5 Å². The molecule has 1 aliphatic carbocycles. The maximum atomic E-state index is 13.1. The van der Waals surface area contributed by atoms with Gasteiger partial charge in [-0.15, -0.1) is 11.8 Å². The first-order valence-corrected chi connectivity index (χ1v) is 12.0. The highest BCUT2D eigenvalue weighted by Crippen LogP contribution is 2.43. The number of rotatable bonds is 3. The summed E-state index contributed by atoms with van der Waals surface area (Å²) in [6.45, 7) is 3.21. The number of carbonyl (C=O) groups is 2. The number of thioether (sulfide) groups is 1. The van der Waals surface area contributed by atoms with E-state index in [0.717, 1.165) is 56.9 Å². The molecule has 5 nitrogen and oxygen atoms in total. The lowest BCUT2D eigenvalue weighted by atomic mass is 9.76. The predicted molar refractivity (Wildman–Crippen MR) is 118 cm³/mol. The van der Waals surface area contributed by atoms with Gasteiger partial charge in [0.15, 0.2) is 0 Å². The van der Waals surface area contributed by atoms with Crippen LogP contribution in [0.5, 0.6) is 0 Å². The maximum Gasteiger partial charge on any atom is 0.256 e. The fraction of sp³-hybridized carbons (Fsp3) is 0.458. The van der Waals surface area contributed by atoms with Gasteiger partial charge in [0.25, 0.3) is 5.91 Å². The maximum absolute atomic E-state index is 13.1. The molecule has 3 heterocycles. The third-order valence-electron chi connectivity index (χ3n) is 7.21. The fourth-order valence-electron chi connectivity index (χ4n) is 5.30. The lowest BCUT2D eigenvalue weighted by molar-refractivity contribution is -0.132. The average Bonchev–Trinajstić information content (AvgIpc) is 3.18. The minimum Gasteiger partial charge on any atom is -0.342 e. The van der Waals surface area contributed by atoms with Gasteiger partial charge in [-0.3, -0.25) is 9.59 Å². The number of nitrogens with zero attached hydrogens (tertiary/aromatic N) is 3. The van der Waals surface area contributed by atoms with E-state index in [1.807, 2.05) is 35.4 Å². The zero-order chi connectivity index (χ0) is 20.7. The van der Waals surface area contributed by atoms with Gasteiger partial charge < -0.3 is 9.80 Å². The number of carbonyl (C=O) groups excluding carboxylic acids is 2. The first-order chi connectivity index (χ1) is 14.6. The van der Waals surface area contributed by atoms with Crippen LogP contribution in [0.25, 0.3) is 0 Å². The molecule has 0 bridgehead atoms. The van der Waals surface area contributed by atoms with Gasteiger partial charge in [0, 0.05) is 32.4 Å². The molecule has 3 aliphatic rings. The van der Waals surface area contributed by atoms with Gasteiger partial charge in [-0.05, 0) is 60.6 Å². The van der Waals surface area contributed by atoms with Crippen molar-refractivity contribution < 1.29 is 9.59 Å². The number of aromatic nitrogens is 1. The molecule has 5 rings (SSSR count). The molecule has 1 aromatic heterocycles. The molecule has 6 heteroatoms. The Morgan fingerprint density at radius 3 is 2.50 bits per heavy atom. The second-order valence-corrected chi connectivity index (χ2v) is 9.61. The first-order valence-electron chi connectivity index (χ1n) is 10.8. The summed E-state index contributed by atoms with van der Waals surface area (Å²) < 4.78 is 0. The Balaban J connectivity index is 1.21. The molecule has 1 atom stereocenters. The van der Waals surface area contributed by atoms with Gasteiger partial charge in [-0.1, -0.05) is 24.3 Å². The zero-order valence-corrected chi connectivity index (χ0v) is 18.2. The minimum atomic E-state index is 0.0496. The molecule has 0 N–H and O–H groups in total. The Kier molecular flexibility index (Phi) is 5.05. The molecule has 156 valence electrons. The fourth-order valence-corrected chi connectivity index (χ4v) is 5.84. The highest BCUT2D eigenvalue weighted by Gasteiger charge is 2.45. The van der Waals surface area contributed by atoms with Crippen LogP contribution in [0.3, 0.4) is 0 Å². The Morgan fingerprint density at radius 1 is 1.03 bits per heavy atom. The van der Waals surface area contributed by atoms with E-state index in [1.54, 1.807) is 6.20 Å². The second kappa shape index (κ2) is 7.73. The van der Waals surface area contributed by atoms with Crippen molar-refractivity contribution in [2.45, 2.75) is 36.6 Å². The topological polar surface area (TPSA) is 53.5 Å². The third-order valence-corrected chi connectivity index (χ3v) is 7.92. The largest absolute Gasteiger partial charge is 0.342 e. The summed E-state index contributed by atoms with van der Waals surface area (Å²) in [7, 11) is 0. The van der Waals surface area contributed by atoms with Crippen molar-refractivity contribution in [3.63, 3.8) is 0 Å². The number of hydrogen-bond acceptors (Lipinski definition) is 4. The average molecular weight is 422 g/mol. The van der Waals surface area contributed by atoms with Gasteiger partial charge in [-0.25, -0.2) is 4.98 Å². The summed E-state index contributed by atoms with van der Waals surface area (Å²) in [6.07, 6.45) is 7.56. The lowest BCUT2D eigenvalue weighted by Gasteiger charge is -2.40. The summed E-state index contributed by atoms with van der Waals surface area (Å²) in [6, 6.07) is 12.0. The van der Waals surface area contributed by atoms with Crippen molar-refractivity contribution in [3.8, 4) is 0 Å². The molecule has 1 unspecified atom stereocenters. The van der Waals surface area contributed by atoms with Gasteiger partial charge in [0.05, 0.1) is 11.5 Å². The zero-order valence-electron chi connectivity index (χ0n) is 17.3. The molecule has 0 radical (unpaired) electrons. The van der Waals surface area contributed by atoms with E-state index in [2.05, 4.69) is 22.0 Å². The van der Waals surface area contributed by atoms with Gasteiger partial charge in [-0.2, -0.15) is 0 Å². The number of fused-ring (bicyclic) bond motifs is 1. The van der Waals surface area contributed by atoms with E-state index < -0.39 is 0 Å². The summed E-state index contributed by atoms with van der Waals surface area (Å²) in [5.74, 6) is 0.428. The van der Waals surface area contributed by atoms with Crippen LogP contribution in [-0.2, 0) is 11.2 Å². The van der Waals surface area contributed by atoms with Crippen LogP contribution in [0.4, 0.5) is 0 Å². The number of likely N-dealkylation sites (tertiary alicyclic amines) is 2. The van der Waals surface area contributed by atoms with E-state index in [9.17, 15) is 9.59 Å². The minimum absolute atomic E-state index is 0.0496. The number of amides is 2. The van der Waals surface area contributed by atoms with E-state index >= 15 is 0 Å². The van der Waals surface area contributed by atoms with Crippen LogP contribution < -0.4 is 0 Å². The number of pyridine rings is 1. The van der Waals surface area contributed by atoms with Crippen LogP contribution in [0.1, 0.15) is 46.7 Å². The summed E-state index contributed by atoms with van der Waals surface area (Å²) in [5, 5.41) is 0.793. The standard InChI is InChI=1S/C24H27N3O2S/c1-30-21-19(7-4-11-25-21)22(28)26-12-8-24(9-13-26)10-14-27(16-24)23(29)20-15-17-5-2-3-6-18(17)20/h2-7,11,20H,8-10,12-16H2,1H3. The van der Waals surface area contributed by atoms with Crippen molar-refractivity contribution in [1.29, 1.82) is 0 Å². The predicted octanol–water partition coefficient (Wildman–Crippen LogP) is 3.60. The molecule has 1 aromatic carbocycles. The number of piperidine rings is 1. The van der Waals surface area contributed by atoms with Gasteiger partial charge in [0.2, 0.25) is 5.91 Å². The van der Waals surface area contributed by atoms with Gasteiger partial charge in [0.1, 0.15) is 5.03 Å². The summed E-state index contributed by atoms with van der Waals surface area (Å²) >= 11 is 1.51. The summed E-state index contributed by atoms with van der Waals surface area (Å²) in [5.41, 5.74) is 3.40. The van der Waals surface area contributed by atoms with Crippen molar-refractivity contribution in [2.24, 2.45) is 5.41 Å². The Labute approximate surface area is 181 Å². The molecule has 2 aromatic rings. The van der Waals surface area contributed by atoms with E-state index in [1.165, 1.54) is 22.9 Å². The number of hydrogen-bond donors (Lipinski definition) is 0. The molecule has 1 spiro atoms. The molecule has 30 heavy (non-hydrogen) atoms. The molecule has 2 fully saturated rings. The Hall–Kier alpha value is -2.34. The first kappa shape index (κ1) is 19.6. The Bertz CT molecular complexity index is 984. The number of benzene rings is 1. The van der Waals surface area contributed by atoms with Crippen LogP contribution in [-0.4, -0.2) is 59.0 Å². The molecular weight excluding hydrogens is 394 g/mol. The third kappa shape index (κ3) is 3.31. The normalized spacial score (nSPS) is 22.0. The van der Waals surface area contributed by atoms with Crippen LogP contribution in [0, 0.1) is 5.41 Å². The molecule has 2 aliphatic heterocycles. The molecule has 0 saturated carbocycles. The molecular formula is C24H27N3O2S. The van der Waals surface area contributed by atoms with E-state index in [4.69, 9.17) is 0 Å². The highest BCUT2D eigenvalue weighted by molar-refractivity contribution is 7.98. The smallest absolute Gasteiger partial charge is 0.256 e. The van der Waals surface area contributed by atoms with Crippen LogP contribution in [0.15, 0.2) is 47.6 Å². The SMILES string of the molecule is CSc1ncccc1C(=O)N1CCC2(CC1)CCN(C(=O)C1Cc3ccccc31)C2. The molecule has 2 saturated heterocycles. The quantitative estimate of drug-likeness (QED) is 0.711. The molecule has 2 amide bonds. The lowest BCUT2D eigenvalue weighted by Crippen LogP contribution is -2.45. The van der Waals surface area contributed by atoms with Crippen molar-refractivity contribution in [3.05, 3.63) is 59.3 Å². The second-order valence-electron chi connectivity index (χ2n) is 8.82. The summed E-state index contributed by atoms with van der Waals surface area (Å²) in [4.78, 5) is 34.5. The van der Waals surface area contributed by atoms with Crippen LogP contribution >= 0.6 is 11.8 Å². The Morgan fingerprint density at radius 2 is 1.77 bits per heavy atom. The van der Waals surface area contributed by atoms with E-state index in [-0.39, 0.29) is 17.2 Å². The van der Waals surface area contributed by atoms with Crippen molar-refractivity contribution >= 4 is 23.6 Å².